The molecule has 2 aromatic heterocycles. The number of hydrogen-bond acceptors (Lipinski definition) is 5. The first-order valence-electron chi connectivity index (χ1n) is 12.7. The highest BCUT2D eigenvalue weighted by Gasteiger charge is 2.54. The van der Waals surface area contributed by atoms with E-state index < -0.39 is 0 Å². The number of aryl methyl sites for hydroxylation is 2. The van der Waals surface area contributed by atoms with Crippen molar-refractivity contribution in [1.82, 2.24) is 25.0 Å². The Kier molecular flexibility index (Phi) is 6.87. The number of pyridine rings is 1. The minimum absolute atomic E-state index is 0.160. The van der Waals surface area contributed by atoms with E-state index >= 15 is 0 Å². The van der Waals surface area contributed by atoms with Gasteiger partial charge in [0.1, 0.15) is 0 Å². The highest BCUT2D eigenvalue weighted by Crippen LogP contribution is 2.52. The number of nitrogens with one attached hydrogen (secondary N) is 1. The molecule has 36 heavy (non-hydrogen) atoms. The lowest BCUT2D eigenvalue weighted by molar-refractivity contribution is -0.134. The van der Waals surface area contributed by atoms with E-state index in [0.717, 1.165) is 24.0 Å². The predicted molar refractivity (Wildman–Crippen MR) is 135 cm³/mol. The largest absolute Gasteiger partial charge is 0.375 e. The lowest BCUT2D eigenvalue weighted by Crippen LogP contribution is -2.52. The Labute approximate surface area is 211 Å². The molecule has 3 heterocycles. The van der Waals surface area contributed by atoms with Crippen molar-refractivity contribution in [3.05, 3.63) is 83.4 Å². The molecule has 1 fully saturated rings. The molecular weight excluding hydrogens is 454 g/mol. The van der Waals surface area contributed by atoms with Gasteiger partial charge in [-0.2, -0.15) is 5.10 Å². The van der Waals surface area contributed by atoms with Gasteiger partial charge >= 0.3 is 0 Å². The number of fused-ring (bicyclic) bond motifs is 2. The first kappa shape index (κ1) is 24.2. The number of amides is 2. The van der Waals surface area contributed by atoms with Crippen LogP contribution in [-0.4, -0.2) is 57.3 Å². The number of piperidine rings is 1. The summed E-state index contributed by atoms with van der Waals surface area (Å²) in [4.78, 5) is 32.2. The summed E-state index contributed by atoms with van der Waals surface area (Å²) in [6, 6.07) is 11.6. The zero-order valence-electron chi connectivity index (χ0n) is 20.9. The predicted octanol–water partition coefficient (Wildman–Crippen LogP) is 3.20. The zero-order chi connectivity index (χ0) is 25.1. The van der Waals surface area contributed by atoms with Crippen molar-refractivity contribution in [3.63, 3.8) is 0 Å². The van der Waals surface area contributed by atoms with Crippen LogP contribution in [0.2, 0.25) is 0 Å². The molecule has 2 amide bonds. The fourth-order valence-electron chi connectivity index (χ4n) is 5.89. The number of nitrogens with zero attached hydrogens (tertiary/aromatic N) is 4. The van der Waals surface area contributed by atoms with Crippen molar-refractivity contribution in [1.29, 1.82) is 0 Å². The lowest BCUT2D eigenvalue weighted by atomic mass is 9.71. The van der Waals surface area contributed by atoms with Crippen molar-refractivity contribution >= 4 is 11.8 Å². The van der Waals surface area contributed by atoms with Gasteiger partial charge in [-0.3, -0.25) is 19.3 Å². The summed E-state index contributed by atoms with van der Waals surface area (Å²) in [6.07, 6.45) is 9.59. The maximum atomic E-state index is 13.1. The van der Waals surface area contributed by atoms with Gasteiger partial charge in [0.15, 0.2) is 0 Å². The smallest absolute Gasteiger partial charge is 0.253 e. The summed E-state index contributed by atoms with van der Waals surface area (Å²) in [6.45, 7) is 3.89. The highest BCUT2D eigenvalue weighted by atomic mass is 16.5. The average molecular weight is 488 g/mol. The molecule has 2 aliphatic rings. The molecule has 0 radical (unpaired) electrons. The molecule has 1 aromatic carbocycles. The number of carbonyl (C=O) groups is 2. The molecule has 8 nitrogen and oxygen atoms in total. The Morgan fingerprint density at radius 1 is 1.14 bits per heavy atom. The van der Waals surface area contributed by atoms with E-state index in [-0.39, 0.29) is 29.4 Å². The number of ether oxygens (including phenoxy) is 1. The van der Waals surface area contributed by atoms with Gasteiger partial charge in [-0.15, -0.1) is 0 Å². The third-order valence-corrected chi connectivity index (χ3v) is 7.63. The van der Waals surface area contributed by atoms with Crippen molar-refractivity contribution in [3.8, 4) is 0 Å². The number of carbonyl (C=O) groups excluding carboxylic acids is 2. The maximum absolute atomic E-state index is 13.1. The van der Waals surface area contributed by atoms with Crippen molar-refractivity contribution in [2.24, 2.45) is 7.05 Å². The van der Waals surface area contributed by atoms with Crippen molar-refractivity contribution in [2.75, 3.05) is 19.7 Å². The van der Waals surface area contributed by atoms with Gasteiger partial charge < -0.3 is 15.0 Å². The van der Waals surface area contributed by atoms with E-state index in [1.54, 1.807) is 29.2 Å². The first-order chi connectivity index (χ1) is 17.5. The van der Waals surface area contributed by atoms with E-state index in [4.69, 9.17) is 4.74 Å². The third kappa shape index (κ3) is 4.53. The molecule has 0 bridgehead atoms. The van der Waals surface area contributed by atoms with Crippen molar-refractivity contribution in [2.45, 2.75) is 50.2 Å². The summed E-state index contributed by atoms with van der Waals surface area (Å²) in [7, 11) is 1.88. The standard InChI is InChI=1S/C28H33N5O3/c1-3-36-26-25(31-27(35)21-7-6-14-29-18-21)22-8-4-5-9-23(22)28(26)12-15-33(16-13-28)24(34)11-10-20-17-30-32(2)19-20/h4-9,14,17-19,25-26H,3,10-13,15-16H2,1-2H3,(H,31,35)/t25-,26+/m1/s1. The van der Waals surface area contributed by atoms with Gasteiger partial charge in [-0.05, 0) is 55.0 Å². The minimum Gasteiger partial charge on any atom is -0.375 e. The number of likely N-dealkylation sites (tertiary alicyclic amines) is 1. The van der Waals surface area contributed by atoms with Crippen LogP contribution in [0.5, 0.6) is 0 Å². The summed E-state index contributed by atoms with van der Waals surface area (Å²) in [5, 5.41) is 7.43. The normalized spacial score (nSPS) is 20.3. The minimum atomic E-state index is -0.262. The first-order valence-corrected chi connectivity index (χ1v) is 12.7. The van der Waals surface area contributed by atoms with E-state index in [1.807, 2.05) is 37.3 Å². The fourth-order valence-corrected chi connectivity index (χ4v) is 5.89. The van der Waals surface area contributed by atoms with Crippen LogP contribution in [-0.2, 0) is 28.4 Å². The molecule has 1 aliphatic heterocycles. The van der Waals surface area contributed by atoms with Crippen LogP contribution in [0.4, 0.5) is 0 Å². The quantitative estimate of drug-likeness (QED) is 0.553. The molecular formula is C28H33N5O3. The van der Waals surface area contributed by atoms with E-state index in [2.05, 4.69) is 33.6 Å². The Morgan fingerprint density at radius 2 is 1.94 bits per heavy atom. The zero-order valence-corrected chi connectivity index (χ0v) is 20.9. The summed E-state index contributed by atoms with van der Waals surface area (Å²) < 4.78 is 8.15. The third-order valence-electron chi connectivity index (χ3n) is 7.63. The Bertz CT molecular complexity index is 1220. The Balaban J connectivity index is 1.34. The van der Waals surface area contributed by atoms with Crippen LogP contribution in [0.15, 0.2) is 61.2 Å². The van der Waals surface area contributed by atoms with Crippen LogP contribution < -0.4 is 5.32 Å². The van der Waals surface area contributed by atoms with Gasteiger partial charge in [0.25, 0.3) is 5.91 Å². The van der Waals surface area contributed by atoms with Crippen LogP contribution >= 0.6 is 0 Å². The fraction of sp³-hybridized carbons (Fsp3) is 0.429. The summed E-state index contributed by atoms with van der Waals surface area (Å²) >= 11 is 0. The topological polar surface area (TPSA) is 89.3 Å². The molecule has 0 saturated carbocycles. The second-order valence-corrected chi connectivity index (χ2v) is 9.72. The molecule has 1 saturated heterocycles. The van der Waals surface area contributed by atoms with Crippen LogP contribution in [0.1, 0.15) is 59.3 Å². The van der Waals surface area contributed by atoms with Gasteiger partial charge in [0.2, 0.25) is 5.91 Å². The monoisotopic (exact) mass is 487 g/mol. The van der Waals surface area contributed by atoms with Gasteiger partial charge in [-0.25, -0.2) is 0 Å². The average Bonchev–Trinajstić information content (AvgIpc) is 3.44. The van der Waals surface area contributed by atoms with Crippen LogP contribution in [0.3, 0.4) is 0 Å². The number of hydrogen-bond donors (Lipinski definition) is 1. The van der Waals surface area contributed by atoms with E-state index in [1.165, 1.54) is 5.56 Å². The molecule has 3 aromatic rings. The molecule has 188 valence electrons. The maximum Gasteiger partial charge on any atom is 0.253 e. The van der Waals surface area contributed by atoms with Crippen LogP contribution in [0.25, 0.3) is 0 Å². The molecule has 5 rings (SSSR count). The molecule has 0 unspecified atom stereocenters. The Morgan fingerprint density at radius 3 is 2.64 bits per heavy atom. The van der Waals surface area contributed by atoms with Gasteiger partial charge in [0.05, 0.1) is 23.9 Å². The SMILES string of the molecule is CCO[C@H]1[C@H](NC(=O)c2cccnc2)c2ccccc2C12CCN(C(=O)CCc1cnn(C)c1)CC2. The molecule has 8 heteroatoms. The summed E-state index contributed by atoms with van der Waals surface area (Å²) in [5.41, 5.74) is 3.68. The number of aromatic nitrogens is 3. The Hall–Kier alpha value is -3.52. The molecule has 2 atom stereocenters. The number of rotatable bonds is 7. The molecule has 1 N–H and O–H groups in total. The second-order valence-electron chi connectivity index (χ2n) is 9.72. The van der Waals surface area contributed by atoms with Gasteiger partial charge in [-0.1, -0.05) is 24.3 Å². The van der Waals surface area contributed by atoms with Crippen LogP contribution in [0, 0.1) is 0 Å². The second kappa shape index (κ2) is 10.2. The van der Waals surface area contributed by atoms with E-state index in [0.29, 0.717) is 38.1 Å². The van der Waals surface area contributed by atoms with Crippen molar-refractivity contribution < 1.29 is 14.3 Å². The molecule has 1 aliphatic carbocycles. The lowest BCUT2D eigenvalue weighted by Gasteiger charge is -2.44. The van der Waals surface area contributed by atoms with E-state index in [9.17, 15) is 9.59 Å². The molecule has 1 spiro atoms. The number of benzene rings is 1. The summed E-state index contributed by atoms with van der Waals surface area (Å²) in [5.74, 6) is 0.0158. The van der Waals surface area contributed by atoms with Gasteiger partial charge in [0, 0.05) is 57.2 Å². The highest BCUT2D eigenvalue weighted by molar-refractivity contribution is 5.94.